The van der Waals surface area contributed by atoms with E-state index in [-0.39, 0.29) is 6.04 Å². The molecule has 2 heteroatoms. The fourth-order valence-corrected chi connectivity index (χ4v) is 1.02. The van der Waals surface area contributed by atoms with Crippen molar-refractivity contribution in [2.75, 3.05) is 0 Å². The second-order valence-corrected chi connectivity index (χ2v) is 3.07. The summed E-state index contributed by atoms with van der Waals surface area (Å²) in [7, 11) is 0. The maximum atomic E-state index is 5.25. The highest BCUT2D eigenvalue weighted by Gasteiger charge is 1.99. The summed E-state index contributed by atoms with van der Waals surface area (Å²) in [6.45, 7) is 4.82. The van der Waals surface area contributed by atoms with Gasteiger partial charge in [-0.1, -0.05) is 5.92 Å². The van der Waals surface area contributed by atoms with E-state index in [4.69, 9.17) is 6.42 Å². The summed E-state index contributed by atoms with van der Waals surface area (Å²) < 4.78 is 0. The molecule has 0 saturated heterocycles. The highest BCUT2D eigenvalue weighted by molar-refractivity contribution is 5.21. The summed E-state index contributed by atoms with van der Waals surface area (Å²) in [5.41, 5.74) is 2.44. The second kappa shape index (κ2) is 4.64. The first-order chi connectivity index (χ1) is 6.24. The third kappa shape index (κ3) is 2.89. The first-order valence-electron chi connectivity index (χ1n) is 4.33. The molecule has 1 atom stereocenters. The molecule has 1 unspecified atom stereocenters. The third-order valence-electron chi connectivity index (χ3n) is 1.99. The van der Waals surface area contributed by atoms with Crippen LogP contribution in [0.3, 0.4) is 0 Å². The summed E-state index contributed by atoms with van der Waals surface area (Å²) >= 11 is 0. The predicted octanol–water partition coefficient (Wildman–Crippen LogP) is 1.50. The lowest BCUT2D eigenvalue weighted by molar-refractivity contribution is 0.645. The minimum absolute atomic E-state index is 0.118. The molecule has 1 rings (SSSR count). The second-order valence-electron chi connectivity index (χ2n) is 3.07. The summed E-state index contributed by atoms with van der Waals surface area (Å²) in [4.78, 5) is 4.02. The van der Waals surface area contributed by atoms with Crippen molar-refractivity contribution in [3.8, 4) is 12.3 Å². The van der Waals surface area contributed by atoms with Crippen molar-refractivity contribution >= 4 is 0 Å². The SMILES string of the molecule is C#CC(C)NCc1ccncc1C. The topological polar surface area (TPSA) is 24.9 Å². The molecule has 68 valence electrons. The van der Waals surface area contributed by atoms with E-state index in [9.17, 15) is 0 Å². The fourth-order valence-electron chi connectivity index (χ4n) is 1.02. The monoisotopic (exact) mass is 174 g/mol. The van der Waals surface area contributed by atoms with Gasteiger partial charge in [-0.15, -0.1) is 6.42 Å². The Kier molecular flexibility index (Phi) is 3.48. The van der Waals surface area contributed by atoms with E-state index >= 15 is 0 Å². The first-order valence-corrected chi connectivity index (χ1v) is 4.33. The molecule has 1 aromatic rings. The largest absolute Gasteiger partial charge is 0.300 e. The van der Waals surface area contributed by atoms with Crippen LogP contribution >= 0.6 is 0 Å². The molecule has 13 heavy (non-hydrogen) atoms. The molecule has 0 amide bonds. The van der Waals surface area contributed by atoms with Gasteiger partial charge in [0.25, 0.3) is 0 Å². The number of aryl methyl sites for hydroxylation is 1. The predicted molar refractivity (Wildman–Crippen MR) is 54.1 cm³/mol. The van der Waals surface area contributed by atoms with Gasteiger partial charge in [0.05, 0.1) is 6.04 Å². The van der Waals surface area contributed by atoms with E-state index < -0.39 is 0 Å². The Hall–Kier alpha value is -1.33. The van der Waals surface area contributed by atoms with Crippen LogP contribution in [-0.2, 0) is 6.54 Å². The van der Waals surface area contributed by atoms with Crippen LogP contribution in [0, 0.1) is 19.3 Å². The summed E-state index contributed by atoms with van der Waals surface area (Å²) in [5, 5.41) is 3.23. The van der Waals surface area contributed by atoms with Crippen molar-refractivity contribution in [2.45, 2.75) is 26.4 Å². The van der Waals surface area contributed by atoms with Gasteiger partial charge in [-0.3, -0.25) is 10.3 Å². The molecule has 0 bridgehead atoms. The van der Waals surface area contributed by atoms with Crippen molar-refractivity contribution in [1.29, 1.82) is 0 Å². The zero-order valence-electron chi connectivity index (χ0n) is 8.04. The van der Waals surface area contributed by atoms with Crippen LogP contribution in [-0.4, -0.2) is 11.0 Å². The number of hydrogen-bond acceptors (Lipinski definition) is 2. The van der Waals surface area contributed by atoms with E-state index in [2.05, 4.69) is 16.2 Å². The van der Waals surface area contributed by atoms with Crippen molar-refractivity contribution in [1.82, 2.24) is 10.3 Å². The van der Waals surface area contributed by atoms with Crippen LogP contribution in [0.1, 0.15) is 18.1 Å². The molecule has 0 aliphatic carbocycles. The third-order valence-corrected chi connectivity index (χ3v) is 1.99. The molecule has 2 nitrogen and oxygen atoms in total. The average molecular weight is 174 g/mol. The summed E-state index contributed by atoms with van der Waals surface area (Å²) in [6.07, 6.45) is 8.90. The van der Waals surface area contributed by atoms with E-state index in [0.717, 1.165) is 6.54 Å². The fraction of sp³-hybridized carbons (Fsp3) is 0.364. The average Bonchev–Trinajstić information content (AvgIpc) is 2.16. The Morgan fingerprint density at radius 2 is 2.46 bits per heavy atom. The van der Waals surface area contributed by atoms with Gasteiger partial charge in [-0.05, 0) is 31.0 Å². The van der Waals surface area contributed by atoms with Crippen LogP contribution in [0.2, 0.25) is 0 Å². The highest BCUT2D eigenvalue weighted by Crippen LogP contribution is 2.04. The zero-order valence-corrected chi connectivity index (χ0v) is 8.04. The number of hydrogen-bond donors (Lipinski definition) is 1. The molecule has 0 radical (unpaired) electrons. The van der Waals surface area contributed by atoms with Gasteiger partial charge in [0.1, 0.15) is 0 Å². The lowest BCUT2D eigenvalue weighted by Gasteiger charge is -2.08. The van der Waals surface area contributed by atoms with Gasteiger partial charge in [0.15, 0.2) is 0 Å². The standard InChI is InChI=1S/C11H14N2/c1-4-10(3)13-8-11-5-6-12-7-9(11)2/h1,5-7,10,13H,8H2,2-3H3. The molecule has 0 aromatic carbocycles. The van der Waals surface area contributed by atoms with Crippen LogP contribution < -0.4 is 5.32 Å². The smallest absolute Gasteiger partial charge is 0.0660 e. The molecule has 0 fully saturated rings. The van der Waals surface area contributed by atoms with Crippen molar-refractivity contribution in [2.24, 2.45) is 0 Å². The zero-order chi connectivity index (χ0) is 9.68. The molecule has 0 spiro atoms. The van der Waals surface area contributed by atoms with Gasteiger partial charge < -0.3 is 0 Å². The quantitative estimate of drug-likeness (QED) is 0.702. The Morgan fingerprint density at radius 1 is 1.69 bits per heavy atom. The molecule has 1 aromatic heterocycles. The van der Waals surface area contributed by atoms with Crippen LogP contribution in [0.4, 0.5) is 0 Å². The molecular weight excluding hydrogens is 160 g/mol. The van der Waals surface area contributed by atoms with Crippen molar-refractivity contribution in [3.63, 3.8) is 0 Å². The van der Waals surface area contributed by atoms with E-state index in [0.29, 0.717) is 0 Å². The highest BCUT2D eigenvalue weighted by atomic mass is 14.9. The van der Waals surface area contributed by atoms with Gasteiger partial charge in [0, 0.05) is 18.9 Å². The van der Waals surface area contributed by atoms with Gasteiger partial charge in [0.2, 0.25) is 0 Å². The maximum absolute atomic E-state index is 5.25. The van der Waals surface area contributed by atoms with Crippen molar-refractivity contribution < 1.29 is 0 Å². The van der Waals surface area contributed by atoms with Crippen LogP contribution in [0.5, 0.6) is 0 Å². The van der Waals surface area contributed by atoms with Gasteiger partial charge in [-0.2, -0.15) is 0 Å². The Morgan fingerprint density at radius 3 is 3.08 bits per heavy atom. The van der Waals surface area contributed by atoms with Crippen LogP contribution in [0.15, 0.2) is 18.5 Å². The molecule has 0 aliphatic rings. The number of nitrogens with one attached hydrogen (secondary N) is 1. The van der Waals surface area contributed by atoms with Crippen LogP contribution in [0.25, 0.3) is 0 Å². The van der Waals surface area contributed by atoms with Gasteiger partial charge >= 0.3 is 0 Å². The molecule has 1 heterocycles. The lowest BCUT2D eigenvalue weighted by atomic mass is 10.1. The lowest BCUT2D eigenvalue weighted by Crippen LogP contribution is -2.23. The van der Waals surface area contributed by atoms with E-state index in [1.807, 2.05) is 26.1 Å². The number of terminal acetylenes is 1. The molecule has 0 aliphatic heterocycles. The number of aromatic nitrogens is 1. The number of rotatable bonds is 3. The van der Waals surface area contributed by atoms with Gasteiger partial charge in [-0.25, -0.2) is 0 Å². The Balaban J connectivity index is 2.56. The summed E-state index contributed by atoms with van der Waals surface area (Å²) in [5.74, 6) is 2.63. The summed E-state index contributed by atoms with van der Waals surface area (Å²) in [6, 6.07) is 2.12. The van der Waals surface area contributed by atoms with E-state index in [1.54, 1.807) is 6.20 Å². The first kappa shape index (κ1) is 9.76. The van der Waals surface area contributed by atoms with E-state index in [1.165, 1.54) is 11.1 Å². The minimum atomic E-state index is 0.118. The number of pyridine rings is 1. The van der Waals surface area contributed by atoms with Crippen molar-refractivity contribution in [3.05, 3.63) is 29.6 Å². The maximum Gasteiger partial charge on any atom is 0.0660 e. The minimum Gasteiger partial charge on any atom is -0.300 e. The Bertz CT molecular complexity index is 312. The molecule has 1 N–H and O–H groups in total. The normalized spacial score (nSPS) is 12.1. The Labute approximate surface area is 79.4 Å². The molecule has 0 saturated carbocycles. The molecular formula is C11H14N2. The number of nitrogens with zero attached hydrogens (tertiary/aromatic N) is 1.